The first kappa shape index (κ1) is 8.05. The van der Waals surface area contributed by atoms with Crippen molar-refractivity contribution >= 4 is 5.97 Å². The van der Waals surface area contributed by atoms with Gasteiger partial charge in [-0.25, -0.2) is 0 Å². The molecule has 3 saturated carbocycles. The van der Waals surface area contributed by atoms with Crippen molar-refractivity contribution in [1.29, 1.82) is 0 Å². The predicted molar refractivity (Wildman–Crippen MR) is 42.6 cm³/mol. The van der Waals surface area contributed by atoms with Crippen LogP contribution in [0.3, 0.4) is 0 Å². The largest absolute Gasteiger partial charge is 0.481 e. The third kappa shape index (κ3) is 1.12. The maximum Gasteiger partial charge on any atom is 0.306 e. The van der Waals surface area contributed by atoms with Crippen LogP contribution in [0.4, 0.5) is 0 Å². The van der Waals surface area contributed by atoms with Gasteiger partial charge in [-0.1, -0.05) is 0 Å². The van der Waals surface area contributed by atoms with Gasteiger partial charge in [0, 0.05) is 0 Å². The van der Waals surface area contributed by atoms with Gasteiger partial charge in [0.1, 0.15) is 0 Å². The van der Waals surface area contributed by atoms with Crippen molar-refractivity contribution in [1.82, 2.24) is 0 Å². The molecule has 3 fully saturated rings. The van der Waals surface area contributed by atoms with Crippen molar-refractivity contribution in [2.75, 3.05) is 0 Å². The Morgan fingerprint density at radius 1 is 1.25 bits per heavy atom. The van der Waals surface area contributed by atoms with Gasteiger partial charge >= 0.3 is 5.97 Å². The highest BCUT2D eigenvalue weighted by Crippen LogP contribution is 2.45. The van der Waals surface area contributed by atoms with E-state index in [1.165, 1.54) is 0 Å². The molecule has 3 rings (SSSR count). The minimum absolute atomic E-state index is 0.0347. The monoisotopic (exact) mass is 170 g/mol. The Balaban J connectivity index is 2.14. The van der Waals surface area contributed by atoms with E-state index in [9.17, 15) is 9.90 Å². The second kappa shape index (κ2) is 2.73. The maximum absolute atomic E-state index is 10.8. The lowest BCUT2D eigenvalue weighted by Crippen LogP contribution is -2.44. The normalized spacial score (nSPS) is 46.1. The third-order valence-corrected chi connectivity index (χ3v) is 3.40. The van der Waals surface area contributed by atoms with Gasteiger partial charge in [-0.2, -0.15) is 0 Å². The molecule has 0 spiro atoms. The zero-order valence-electron chi connectivity index (χ0n) is 6.94. The van der Waals surface area contributed by atoms with Crippen molar-refractivity contribution < 1.29 is 15.0 Å². The van der Waals surface area contributed by atoms with Crippen LogP contribution >= 0.6 is 0 Å². The van der Waals surface area contributed by atoms with Gasteiger partial charge in [0.05, 0.1) is 12.0 Å². The molecule has 0 unspecified atom stereocenters. The predicted octanol–water partition coefficient (Wildman–Crippen LogP) is 0.868. The Morgan fingerprint density at radius 2 is 2.00 bits per heavy atom. The topological polar surface area (TPSA) is 57.5 Å². The number of aliphatic hydroxyl groups excluding tert-OH is 1. The molecule has 0 aromatic carbocycles. The highest BCUT2D eigenvalue weighted by Gasteiger charge is 2.44. The van der Waals surface area contributed by atoms with E-state index in [0.29, 0.717) is 5.92 Å². The minimum atomic E-state index is -0.719. The molecule has 0 radical (unpaired) electrons. The highest BCUT2D eigenvalue weighted by molar-refractivity contribution is 5.70. The summed E-state index contributed by atoms with van der Waals surface area (Å²) < 4.78 is 0. The number of aliphatic hydroxyl groups is 1. The van der Waals surface area contributed by atoms with Gasteiger partial charge in [-0.05, 0) is 37.5 Å². The van der Waals surface area contributed by atoms with Crippen LogP contribution in [-0.2, 0) is 4.79 Å². The molecule has 0 amide bonds. The molecule has 68 valence electrons. The second-order valence-electron chi connectivity index (χ2n) is 4.09. The zero-order valence-corrected chi connectivity index (χ0v) is 6.94. The van der Waals surface area contributed by atoms with E-state index in [-0.39, 0.29) is 17.9 Å². The fraction of sp³-hybridized carbons (Fsp3) is 0.889. The third-order valence-electron chi connectivity index (χ3n) is 3.40. The van der Waals surface area contributed by atoms with Gasteiger partial charge in [0.15, 0.2) is 0 Å². The first-order valence-electron chi connectivity index (χ1n) is 4.59. The summed E-state index contributed by atoms with van der Waals surface area (Å²) in [6.07, 6.45) is 3.29. The molecule has 0 heterocycles. The Morgan fingerprint density at radius 3 is 2.42 bits per heavy atom. The zero-order chi connectivity index (χ0) is 8.72. The first-order chi connectivity index (χ1) is 5.68. The molecule has 0 aromatic heterocycles. The molecular formula is C9H14O3. The quantitative estimate of drug-likeness (QED) is 0.614. The van der Waals surface area contributed by atoms with E-state index in [1.54, 1.807) is 0 Å². The lowest BCUT2D eigenvalue weighted by Gasteiger charge is -2.43. The SMILES string of the molecule is O=C(O)[C@H]1C[C@H]2CC[C@@H]1[C@@H](O)C2. The van der Waals surface area contributed by atoms with Crippen molar-refractivity contribution in [3.05, 3.63) is 0 Å². The van der Waals surface area contributed by atoms with Crippen molar-refractivity contribution in [3.8, 4) is 0 Å². The lowest BCUT2D eigenvalue weighted by molar-refractivity contribution is -0.152. The van der Waals surface area contributed by atoms with Crippen LogP contribution in [0.5, 0.6) is 0 Å². The van der Waals surface area contributed by atoms with Crippen LogP contribution in [0.1, 0.15) is 25.7 Å². The van der Waals surface area contributed by atoms with Crippen molar-refractivity contribution in [2.45, 2.75) is 31.8 Å². The van der Waals surface area contributed by atoms with Gasteiger partial charge in [0.2, 0.25) is 0 Å². The number of carboxylic acid groups (broad SMARTS) is 1. The summed E-state index contributed by atoms with van der Waals surface area (Å²) in [6, 6.07) is 0. The summed E-state index contributed by atoms with van der Waals surface area (Å²) in [5, 5.41) is 18.4. The van der Waals surface area contributed by atoms with Crippen molar-refractivity contribution in [2.24, 2.45) is 17.8 Å². The van der Waals surface area contributed by atoms with Crippen LogP contribution in [-0.4, -0.2) is 22.3 Å². The molecule has 3 aliphatic rings. The fourth-order valence-corrected chi connectivity index (χ4v) is 2.76. The average Bonchev–Trinajstić information content (AvgIpc) is 2.04. The number of hydrogen-bond acceptors (Lipinski definition) is 2. The van der Waals surface area contributed by atoms with Crippen LogP contribution in [0.2, 0.25) is 0 Å². The number of fused-ring (bicyclic) bond motifs is 3. The van der Waals surface area contributed by atoms with Gasteiger partial charge in [0.25, 0.3) is 0 Å². The van der Waals surface area contributed by atoms with E-state index in [1.807, 2.05) is 0 Å². The van der Waals surface area contributed by atoms with Gasteiger partial charge in [-0.3, -0.25) is 4.79 Å². The molecular weight excluding hydrogens is 156 g/mol. The van der Waals surface area contributed by atoms with E-state index in [0.717, 1.165) is 25.7 Å². The Labute approximate surface area is 71.4 Å². The van der Waals surface area contributed by atoms with E-state index < -0.39 is 5.97 Å². The molecule has 0 aromatic rings. The van der Waals surface area contributed by atoms with E-state index >= 15 is 0 Å². The standard InChI is InChI=1S/C9H14O3/c10-8-4-5-1-2-6(8)7(3-5)9(11)12/h5-8,10H,1-4H2,(H,11,12)/t5-,6+,7+,8+/m1/s1. The fourth-order valence-electron chi connectivity index (χ4n) is 2.76. The average molecular weight is 170 g/mol. The van der Waals surface area contributed by atoms with Crippen molar-refractivity contribution in [3.63, 3.8) is 0 Å². The number of rotatable bonds is 1. The lowest BCUT2D eigenvalue weighted by atomic mass is 9.63. The summed E-state index contributed by atoms with van der Waals surface area (Å²) in [7, 11) is 0. The maximum atomic E-state index is 10.8. The molecule has 12 heavy (non-hydrogen) atoms. The molecule has 2 N–H and O–H groups in total. The van der Waals surface area contributed by atoms with Crippen LogP contribution in [0.15, 0.2) is 0 Å². The summed E-state index contributed by atoms with van der Waals surface area (Å²) in [5.41, 5.74) is 0. The van der Waals surface area contributed by atoms with E-state index in [2.05, 4.69) is 0 Å². The number of aliphatic carboxylic acids is 1. The molecule has 0 aliphatic heterocycles. The number of carboxylic acids is 1. The Bertz CT molecular complexity index is 202. The van der Waals surface area contributed by atoms with Gasteiger partial charge < -0.3 is 10.2 Å². The Hall–Kier alpha value is -0.570. The Kier molecular flexibility index (Phi) is 1.83. The first-order valence-corrected chi connectivity index (χ1v) is 4.59. The minimum Gasteiger partial charge on any atom is -0.481 e. The molecule has 3 heteroatoms. The summed E-state index contributed by atoms with van der Waals surface area (Å²) in [5.74, 6) is -0.491. The van der Waals surface area contributed by atoms with Gasteiger partial charge in [-0.15, -0.1) is 0 Å². The molecule has 0 saturated heterocycles. The highest BCUT2D eigenvalue weighted by atomic mass is 16.4. The molecule has 3 aliphatic carbocycles. The van der Waals surface area contributed by atoms with Crippen LogP contribution in [0, 0.1) is 17.8 Å². The molecule has 3 nitrogen and oxygen atoms in total. The number of carbonyl (C=O) groups is 1. The van der Waals surface area contributed by atoms with Crippen LogP contribution in [0.25, 0.3) is 0 Å². The molecule has 4 atom stereocenters. The summed E-state index contributed by atoms with van der Waals surface area (Å²) in [4.78, 5) is 10.8. The van der Waals surface area contributed by atoms with Crippen LogP contribution < -0.4 is 0 Å². The number of hydrogen-bond donors (Lipinski definition) is 2. The van der Waals surface area contributed by atoms with E-state index in [4.69, 9.17) is 5.11 Å². The summed E-state index contributed by atoms with van der Waals surface area (Å²) >= 11 is 0. The molecule has 2 bridgehead atoms. The summed E-state index contributed by atoms with van der Waals surface area (Å²) in [6.45, 7) is 0. The second-order valence-corrected chi connectivity index (χ2v) is 4.09. The smallest absolute Gasteiger partial charge is 0.306 e.